The lowest BCUT2D eigenvalue weighted by Crippen LogP contribution is -2.41. The topological polar surface area (TPSA) is 58.6 Å². The summed E-state index contributed by atoms with van der Waals surface area (Å²) in [5, 5.41) is 4.39. The van der Waals surface area contributed by atoms with E-state index in [2.05, 4.69) is 5.32 Å². The van der Waals surface area contributed by atoms with Crippen molar-refractivity contribution in [1.29, 1.82) is 0 Å². The molecule has 0 aliphatic carbocycles. The third kappa shape index (κ3) is 5.67. The number of hydrogen-bond donors (Lipinski definition) is 1. The van der Waals surface area contributed by atoms with E-state index in [1.165, 1.54) is 4.31 Å². The second-order valence-corrected chi connectivity index (χ2v) is 9.17. The van der Waals surface area contributed by atoms with Crippen LogP contribution >= 0.6 is 23.2 Å². The zero-order valence-electron chi connectivity index (χ0n) is 14.8. The van der Waals surface area contributed by atoms with Crippen molar-refractivity contribution in [2.24, 2.45) is 0 Å². The molecule has 1 N–H and O–H groups in total. The van der Waals surface area contributed by atoms with Crippen molar-refractivity contribution in [2.75, 3.05) is 26.3 Å². The van der Waals surface area contributed by atoms with Crippen molar-refractivity contribution in [1.82, 2.24) is 9.62 Å². The molecule has 1 heterocycles. The predicted octanol–water partition coefficient (Wildman–Crippen LogP) is 3.45. The van der Waals surface area contributed by atoms with Gasteiger partial charge in [0, 0.05) is 26.2 Å². The molecule has 0 aromatic heterocycles. The first-order valence-corrected chi connectivity index (χ1v) is 11.1. The lowest BCUT2D eigenvalue weighted by atomic mass is 10.1. The Kier molecular flexibility index (Phi) is 7.14. The lowest BCUT2D eigenvalue weighted by molar-refractivity contribution is 0.0729. The van der Waals surface area contributed by atoms with Crippen LogP contribution in [0.25, 0.3) is 0 Å². The molecule has 0 radical (unpaired) electrons. The van der Waals surface area contributed by atoms with E-state index in [1.54, 1.807) is 6.07 Å². The summed E-state index contributed by atoms with van der Waals surface area (Å²) in [6, 6.07) is 13.1. The number of morpholine rings is 1. The predicted molar refractivity (Wildman–Crippen MR) is 108 cm³/mol. The molecule has 0 saturated carbocycles. The molecule has 146 valence electrons. The highest BCUT2D eigenvalue weighted by atomic mass is 35.5. The maximum atomic E-state index is 12.7. The smallest absolute Gasteiger partial charge is 0.218 e. The summed E-state index contributed by atoms with van der Waals surface area (Å²) in [7, 11) is -3.35. The molecule has 2 aromatic carbocycles. The van der Waals surface area contributed by atoms with Crippen LogP contribution in [0.1, 0.15) is 16.7 Å². The molecule has 0 amide bonds. The van der Waals surface area contributed by atoms with Gasteiger partial charge < -0.3 is 10.1 Å². The van der Waals surface area contributed by atoms with Gasteiger partial charge >= 0.3 is 0 Å². The Labute approximate surface area is 170 Å². The van der Waals surface area contributed by atoms with Gasteiger partial charge in [-0.05, 0) is 28.8 Å². The number of rotatable bonds is 7. The molecule has 5 nitrogen and oxygen atoms in total. The highest BCUT2D eigenvalue weighted by molar-refractivity contribution is 7.88. The van der Waals surface area contributed by atoms with Gasteiger partial charge in [0.2, 0.25) is 10.0 Å². The van der Waals surface area contributed by atoms with Crippen LogP contribution in [-0.4, -0.2) is 39.0 Å². The molecule has 3 rings (SSSR count). The Hall–Kier alpha value is -1.15. The first-order valence-electron chi connectivity index (χ1n) is 8.73. The van der Waals surface area contributed by atoms with Crippen molar-refractivity contribution in [2.45, 2.75) is 18.8 Å². The van der Waals surface area contributed by atoms with Gasteiger partial charge in [-0.15, -0.1) is 0 Å². The molecule has 1 aliphatic rings. The van der Waals surface area contributed by atoms with Crippen molar-refractivity contribution in [3.05, 3.63) is 69.2 Å². The summed E-state index contributed by atoms with van der Waals surface area (Å²) in [6.45, 7) is 2.91. The first kappa shape index (κ1) is 20.6. The molecule has 1 fully saturated rings. The summed E-state index contributed by atoms with van der Waals surface area (Å²) < 4.78 is 32.1. The van der Waals surface area contributed by atoms with Gasteiger partial charge in [0.05, 0.1) is 29.0 Å². The van der Waals surface area contributed by atoms with E-state index >= 15 is 0 Å². The molecule has 2 aromatic rings. The van der Waals surface area contributed by atoms with Gasteiger partial charge in [-0.3, -0.25) is 0 Å². The normalized spacial score (nSPS) is 15.8. The minimum Gasteiger partial charge on any atom is -0.379 e. The van der Waals surface area contributed by atoms with Crippen molar-refractivity contribution in [3.63, 3.8) is 0 Å². The van der Waals surface area contributed by atoms with Crippen LogP contribution in [-0.2, 0) is 33.6 Å². The third-order valence-electron chi connectivity index (χ3n) is 4.45. The molecular formula is C19H22Cl2N2O3S. The average Bonchev–Trinajstić information content (AvgIpc) is 2.66. The van der Waals surface area contributed by atoms with Crippen molar-refractivity contribution >= 4 is 33.2 Å². The SMILES string of the molecule is O=S(=O)(Cc1ccccc1CNCc1ccc(Cl)c(Cl)c1)N1CCOCC1. The van der Waals surface area contributed by atoms with Crippen molar-refractivity contribution in [3.8, 4) is 0 Å². The molecule has 8 heteroatoms. The Morgan fingerprint density at radius 2 is 1.67 bits per heavy atom. The van der Waals surface area contributed by atoms with Crippen LogP contribution in [0.2, 0.25) is 10.0 Å². The molecule has 0 spiro atoms. The summed E-state index contributed by atoms with van der Waals surface area (Å²) >= 11 is 12.0. The fourth-order valence-corrected chi connectivity index (χ4v) is 4.86. The second-order valence-electron chi connectivity index (χ2n) is 6.39. The fraction of sp³-hybridized carbons (Fsp3) is 0.368. The van der Waals surface area contributed by atoms with E-state index in [1.807, 2.05) is 36.4 Å². The molecule has 0 atom stereocenters. The van der Waals surface area contributed by atoms with Crippen LogP contribution < -0.4 is 5.32 Å². The van der Waals surface area contributed by atoms with Crippen molar-refractivity contribution < 1.29 is 13.2 Å². The fourth-order valence-electron chi connectivity index (χ4n) is 2.97. The standard InChI is InChI=1S/C19H22Cl2N2O3S/c20-18-6-5-15(11-19(18)21)12-22-13-16-3-1-2-4-17(16)14-27(24,25)23-7-9-26-10-8-23/h1-6,11,22H,7-10,12-14H2. The van der Waals surface area contributed by atoms with E-state index in [0.29, 0.717) is 49.4 Å². The Morgan fingerprint density at radius 3 is 2.37 bits per heavy atom. The minimum absolute atomic E-state index is 0.00235. The quantitative estimate of drug-likeness (QED) is 0.733. The van der Waals surface area contributed by atoms with E-state index < -0.39 is 10.0 Å². The molecule has 1 aliphatic heterocycles. The molecule has 27 heavy (non-hydrogen) atoms. The van der Waals surface area contributed by atoms with E-state index in [-0.39, 0.29) is 5.75 Å². The number of benzene rings is 2. The van der Waals surface area contributed by atoms with Gasteiger partial charge in [0.15, 0.2) is 0 Å². The zero-order valence-corrected chi connectivity index (χ0v) is 17.2. The number of halogens is 2. The highest BCUT2D eigenvalue weighted by Gasteiger charge is 2.25. The molecule has 0 unspecified atom stereocenters. The summed E-state index contributed by atoms with van der Waals surface area (Å²) in [6.07, 6.45) is 0. The van der Waals surface area contributed by atoms with Gasteiger partial charge in [-0.1, -0.05) is 53.5 Å². The molecule has 0 bridgehead atoms. The van der Waals surface area contributed by atoms with Gasteiger partial charge in [0.25, 0.3) is 0 Å². The first-order chi connectivity index (χ1) is 13.0. The lowest BCUT2D eigenvalue weighted by Gasteiger charge is -2.26. The monoisotopic (exact) mass is 428 g/mol. The van der Waals surface area contributed by atoms with Gasteiger partial charge in [-0.25, -0.2) is 8.42 Å². The second kappa shape index (κ2) is 9.37. The van der Waals surface area contributed by atoms with Crippen LogP contribution in [0, 0.1) is 0 Å². The number of nitrogens with one attached hydrogen (secondary N) is 1. The van der Waals surface area contributed by atoms with E-state index in [0.717, 1.165) is 16.7 Å². The van der Waals surface area contributed by atoms with Crippen LogP contribution in [0.4, 0.5) is 0 Å². The minimum atomic E-state index is -3.35. The largest absolute Gasteiger partial charge is 0.379 e. The Morgan fingerprint density at radius 1 is 0.963 bits per heavy atom. The number of nitrogens with zero attached hydrogens (tertiary/aromatic N) is 1. The van der Waals surface area contributed by atoms with Crippen LogP contribution in [0.15, 0.2) is 42.5 Å². The van der Waals surface area contributed by atoms with Gasteiger partial charge in [-0.2, -0.15) is 4.31 Å². The maximum Gasteiger partial charge on any atom is 0.218 e. The highest BCUT2D eigenvalue weighted by Crippen LogP contribution is 2.22. The van der Waals surface area contributed by atoms with E-state index in [9.17, 15) is 8.42 Å². The van der Waals surface area contributed by atoms with E-state index in [4.69, 9.17) is 27.9 Å². The number of ether oxygens (including phenoxy) is 1. The maximum absolute atomic E-state index is 12.7. The average molecular weight is 429 g/mol. The zero-order chi connectivity index (χ0) is 19.3. The number of sulfonamides is 1. The number of hydrogen-bond acceptors (Lipinski definition) is 4. The third-order valence-corrected chi connectivity index (χ3v) is 7.02. The van der Waals surface area contributed by atoms with Gasteiger partial charge in [0.1, 0.15) is 0 Å². The van der Waals surface area contributed by atoms with Crippen LogP contribution in [0.3, 0.4) is 0 Å². The Bertz CT molecular complexity index is 884. The Balaban J connectivity index is 1.64. The summed E-state index contributed by atoms with van der Waals surface area (Å²) in [4.78, 5) is 0. The molecule has 1 saturated heterocycles. The summed E-state index contributed by atoms with van der Waals surface area (Å²) in [5.41, 5.74) is 2.79. The molecular weight excluding hydrogens is 407 g/mol. The summed E-state index contributed by atoms with van der Waals surface area (Å²) in [5.74, 6) is -0.00235. The van der Waals surface area contributed by atoms with Crippen LogP contribution in [0.5, 0.6) is 0 Å².